The van der Waals surface area contributed by atoms with E-state index in [-0.39, 0.29) is 27.5 Å². The van der Waals surface area contributed by atoms with Crippen LogP contribution in [0.3, 0.4) is 0 Å². The molecule has 1 fully saturated rings. The van der Waals surface area contributed by atoms with Gasteiger partial charge in [0.15, 0.2) is 0 Å². The molecule has 0 aromatic heterocycles. The largest absolute Gasteiger partial charge is 0.396 e. The number of amides is 2. The standard InChI is InChI=1S/C17H14BrCl2N3O2/c18-9-2-1-3-11(6-9)23-5-4-12(17(23)25)16(24)22-10-7-13(19)15(21)14(20)8-10/h1-3,6-8,12H,4-5,21H2,(H,22,24). The fourth-order valence-corrected chi connectivity index (χ4v) is 3.58. The zero-order chi connectivity index (χ0) is 18.1. The maximum absolute atomic E-state index is 12.6. The second-order valence-corrected chi connectivity index (χ2v) is 7.38. The van der Waals surface area contributed by atoms with Crippen LogP contribution in [0.1, 0.15) is 6.42 Å². The molecule has 1 aliphatic rings. The minimum Gasteiger partial charge on any atom is -0.396 e. The lowest BCUT2D eigenvalue weighted by atomic mass is 10.1. The number of nitrogen functional groups attached to an aromatic ring is 1. The third-order valence-electron chi connectivity index (χ3n) is 3.99. The van der Waals surface area contributed by atoms with Gasteiger partial charge in [-0.15, -0.1) is 0 Å². The van der Waals surface area contributed by atoms with Crippen molar-refractivity contribution in [2.45, 2.75) is 6.42 Å². The highest BCUT2D eigenvalue weighted by Gasteiger charge is 2.37. The van der Waals surface area contributed by atoms with Gasteiger partial charge >= 0.3 is 0 Å². The summed E-state index contributed by atoms with van der Waals surface area (Å²) >= 11 is 15.3. The van der Waals surface area contributed by atoms with Crippen molar-refractivity contribution in [2.75, 3.05) is 22.5 Å². The summed E-state index contributed by atoms with van der Waals surface area (Å²) in [6.45, 7) is 0.483. The van der Waals surface area contributed by atoms with E-state index in [1.165, 1.54) is 12.1 Å². The number of nitrogens with zero attached hydrogens (tertiary/aromatic N) is 1. The summed E-state index contributed by atoms with van der Waals surface area (Å²) in [5, 5.41) is 3.18. The second kappa shape index (κ2) is 7.23. The van der Waals surface area contributed by atoms with E-state index in [1.54, 1.807) is 4.90 Å². The molecule has 1 saturated heterocycles. The van der Waals surface area contributed by atoms with Crippen LogP contribution in [0.4, 0.5) is 17.1 Å². The van der Waals surface area contributed by atoms with Crippen molar-refractivity contribution < 1.29 is 9.59 Å². The van der Waals surface area contributed by atoms with Gasteiger partial charge in [-0.05, 0) is 36.8 Å². The van der Waals surface area contributed by atoms with Gasteiger partial charge in [-0.2, -0.15) is 0 Å². The molecule has 1 aliphatic heterocycles. The van der Waals surface area contributed by atoms with Gasteiger partial charge in [0.1, 0.15) is 5.92 Å². The minimum atomic E-state index is -0.755. The first-order valence-electron chi connectivity index (χ1n) is 7.49. The van der Waals surface area contributed by atoms with Gasteiger partial charge in [0.05, 0.1) is 15.7 Å². The average molecular weight is 443 g/mol. The predicted octanol–water partition coefficient (Wildman–Crippen LogP) is 4.33. The molecule has 2 aromatic carbocycles. The lowest BCUT2D eigenvalue weighted by molar-refractivity contribution is -0.129. The number of nitrogens with one attached hydrogen (secondary N) is 1. The molecule has 130 valence electrons. The van der Waals surface area contributed by atoms with Gasteiger partial charge in [0, 0.05) is 22.4 Å². The molecule has 0 bridgehead atoms. The van der Waals surface area contributed by atoms with Crippen molar-refractivity contribution in [1.82, 2.24) is 0 Å². The van der Waals surface area contributed by atoms with E-state index < -0.39 is 5.92 Å². The van der Waals surface area contributed by atoms with Crippen molar-refractivity contribution in [1.29, 1.82) is 0 Å². The summed E-state index contributed by atoms with van der Waals surface area (Å²) in [6.07, 6.45) is 0.438. The third-order valence-corrected chi connectivity index (χ3v) is 5.11. The van der Waals surface area contributed by atoms with E-state index in [1.807, 2.05) is 24.3 Å². The Morgan fingerprint density at radius 1 is 1.24 bits per heavy atom. The number of halogens is 3. The molecule has 1 atom stereocenters. The number of rotatable bonds is 3. The Labute approximate surface area is 163 Å². The highest BCUT2D eigenvalue weighted by molar-refractivity contribution is 9.10. The molecule has 5 nitrogen and oxygen atoms in total. The van der Waals surface area contributed by atoms with Gasteiger partial charge in [-0.1, -0.05) is 45.2 Å². The van der Waals surface area contributed by atoms with Crippen LogP contribution in [0.2, 0.25) is 10.0 Å². The summed E-state index contributed by atoms with van der Waals surface area (Å²) in [6, 6.07) is 10.4. The Hall–Kier alpha value is -1.76. The highest BCUT2D eigenvalue weighted by Crippen LogP contribution is 2.32. The number of anilines is 3. The lowest BCUT2D eigenvalue weighted by Gasteiger charge is -2.17. The fourth-order valence-electron chi connectivity index (χ4n) is 2.71. The van der Waals surface area contributed by atoms with E-state index >= 15 is 0 Å². The smallest absolute Gasteiger partial charge is 0.239 e. The predicted molar refractivity (Wildman–Crippen MR) is 104 cm³/mol. The van der Waals surface area contributed by atoms with Crippen LogP contribution in [0.15, 0.2) is 40.9 Å². The van der Waals surface area contributed by atoms with Crippen LogP contribution in [-0.4, -0.2) is 18.4 Å². The Kier molecular flexibility index (Phi) is 5.22. The van der Waals surface area contributed by atoms with Gasteiger partial charge < -0.3 is 16.0 Å². The van der Waals surface area contributed by atoms with Crippen molar-refractivity contribution in [3.63, 3.8) is 0 Å². The van der Waals surface area contributed by atoms with Gasteiger partial charge in [0.2, 0.25) is 11.8 Å². The van der Waals surface area contributed by atoms with E-state index in [4.69, 9.17) is 28.9 Å². The van der Waals surface area contributed by atoms with Gasteiger partial charge in [-0.3, -0.25) is 9.59 Å². The monoisotopic (exact) mass is 441 g/mol. The van der Waals surface area contributed by atoms with Crippen molar-refractivity contribution in [2.24, 2.45) is 5.92 Å². The molecule has 1 heterocycles. The molecule has 0 radical (unpaired) electrons. The van der Waals surface area contributed by atoms with E-state index in [0.29, 0.717) is 18.7 Å². The molecule has 2 aromatic rings. The molecule has 3 rings (SSSR count). The summed E-state index contributed by atoms with van der Waals surface area (Å²) in [7, 11) is 0. The molecular formula is C17H14BrCl2N3O2. The first kappa shape index (κ1) is 18.0. The first-order chi connectivity index (χ1) is 11.9. The Bertz CT molecular complexity index is 837. The van der Waals surface area contributed by atoms with E-state index in [0.717, 1.165) is 10.2 Å². The summed E-state index contributed by atoms with van der Waals surface area (Å²) in [4.78, 5) is 26.7. The number of nitrogens with two attached hydrogens (primary N) is 1. The number of benzene rings is 2. The zero-order valence-corrected chi connectivity index (χ0v) is 16.0. The molecule has 8 heteroatoms. The van der Waals surface area contributed by atoms with Crippen LogP contribution in [0.5, 0.6) is 0 Å². The Balaban J connectivity index is 1.74. The lowest BCUT2D eigenvalue weighted by Crippen LogP contribution is -2.33. The minimum absolute atomic E-state index is 0.233. The number of carbonyl (C=O) groups excluding carboxylic acids is 2. The van der Waals surface area contributed by atoms with E-state index in [2.05, 4.69) is 21.2 Å². The first-order valence-corrected chi connectivity index (χ1v) is 9.04. The van der Waals surface area contributed by atoms with Crippen molar-refractivity contribution >= 4 is 68.0 Å². The number of hydrogen-bond donors (Lipinski definition) is 2. The van der Waals surface area contributed by atoms with Gasteiger partial charge in [0.25, 0.3) is 0 Å². The molecule has 25 heavy (non-hydrogen) atoms. The molecule has 1 unspecified atom stereocenters. The van der Waals surface area contributed by atoms with Crippen LogP contribution < -0.4 is 16.0 Å². The Morgan fingerprint density at radius 3 is 2.56 bits per heavy atom. The average Bonchev–Trinajstić information content (AvgIpc) is 2.94. The number of hydrogen-bond acceptors (Lipinski definition) is 3. The normalized spacial score (nSPS) is 17.0. The van der Waals surface area contributed by atoms with Crippen LogP contribution >= 0.6 is 39.1 Å². The summed E-state index contributed by atoms with van der Waals surface area (Å²) in [5.41, 5.74) is 7.09. The molecule has 0 aliphatic carbocycles. The van der Waals surface area contributed by atoms with Crippen LogP contribution in [0, 0.1) is 5.92 Å². The molecule has 0 saturated carbocycles. The molecule has 0 spiro atoms. The van der Waals surface area contributed by atoms with Crippen molar-refractivity contribution in [3.8, 4) is 0 Å². The molecule has 3 N–H and O–H groups in total. The fraction of sp³-hybridized carbons (Fsp3) is 0.176. The maximum Gasteiger partial charge on any atom is 0.239 e. The molecule has 2 amide bonds. The maximum atomic E-state index is 12.6. The molecular weight excluding hydrogens is 429 g/mol. The summed E-state index contributed by atoms with van der Waals surface area (Å²) < 4.78 is 0.872. The quantitative estimate of drug-likeness (QED) is 0.548. The Morgan fingerprint density at radius 2 is 1.92 bits per heavy atom. The summed E-state index contributed by atoms with van der Waals surface area (Å²) in [5.74, 6) is -1.38. The van der Waals surface area contributed by atoms with Crippen LogP contribution in [0.25, 0.3) is 0 Å². The van der Waals surface area contributed by atoms with Crippen molar-refractivity contribution in [3.05, 3.63) is 50.9 Å². The topological polar surface area (TPSA) is 75.4 Å². The SMILES string of the molecule is Nc1c(Cl)cc(NC(=O)C2CCN(c3cccc(Br)c3)C2=O)cc1Cl. The second-order valence-electron chi connectivity index (χ2n) is 5.65. The van der Waals surface area contributed by atoms with Crippen LogP contribution in [-0.2, 0) is 9.59 Å². The third kappa shape index (κ3) is 3.76. The number of carbonyl (C=O) groups is 2. The van der Waals surface area contributed by atoms with E-state index in [9.17, 15) is 9.59 Å². The van der Waals surface area contributed by atoms with Gasteiger partial charge in [-0.25, -0.2) is 0 Å². The zero-order valence-electron chi connectivity index (χ0n) is 12.9. The highest BCUT2D eigenvalue weighted by atomic mass is 79.9.